The van der Waals surface area contributed by atoms with Gasteiger partial charge in [-0.1, -0.05) is 59.8 Å². The Labute approximate surface area is 133 Å². The number of hydrogen-bond donors (Lipinski definition) is 1. The Morgan fingerprint density at radius 1 is 1.05 bits per heavy atom. The molecule has 0 aromatic rings. The number of nitrogens with zero attached hydrogens (tertiary/aromatic N) is 1. The molecule has 2 aliphatic rings. The average molecular weight is 295 g/mol. The van der Waals surface area contributed by atoms with E-state index in [0.717, 1.165) is 18.0 Å². The summed E-state index contributed by atoms with van der Waals surface area (Å²) in [5, 5.41) is 3.94. The maximum Gasteiger partial charge on any atom is 0.0304 e. The highest BCUT2D eigenvalue weighted by Crippen LogP contribution is 2.32. The van der Waals surface area contributed by atoms with Crippen molar-refractivity contribution >= 4 is 0 Å². The molecule has 0 bridgehead atoms. The van der Waals surface area contributed by atoms with E-state index in [-0.39, 0.29) is 0 Å². The fraction of sp³-hybridized carbons (Fsp3) is 1.00. The first-order chi connectivity index (χ1) is 10.2. The highest BCUT2D eigenvalue weighted by Gasteiger charge is 2.40. The predicted molar refractivity (Wildman–Crippen MR) is 92.8 cm³/mol. The number of rotatable bonds is 5. The smallest absolute Gasteiger partial charge is 0.0304 e. The lowest BCUT2D eigenvalue weighted by Gasteiger charge is -2.52. The maximum atomic E-state index is 3.94. The van der Waals surface area contributed by atoms with Gasteiger partial charge < -0.3 is 5.32 Å². The molecular formula is C19H38N2. The second-order valence-corrected chi connectivity index (χ2v) is 7.64. The Bertz CT molecular complexity index is 290. The summed E-state index contributed by atoms with van der Waals surface area (Å²) in [6, 6.07) is 1.61. The van der Waals surface area contributed by atoms with Gasteiger partial charge in [-0.2, -0.15) is 0 Å². The molecule has 2 atom stereocenters. The Kier molecular flexibility index (Phi) is 6.55. The summed E-state index contributed by atoms with van der Waals surface area (Å²) in [5.74, 6) is 0.812. The molecule has 1 saturated carbocycles. The van der Waals surface area contributed by atoms with E-state index in [0.29, 0.717) is 5.54 Å². The van der Waals surface area contributed by atoms with Crippen molar-refractivity contribution in [1.82, 2.24) is 10.2 Å². The second-order valence-electron chi connectivity index (χ2n) is 7.64. The van der Waals surface area contributed by atoms with Crippen molar-refractivity contribution in [2.24, 2.45) is 5.92 Å². The zero-order chi connectivity index (χ0) is 15.3. The minimum absolute atomic E-state index is 0.371. The quantitative estimate of drug-likeness (QED) is 0.746. The zero-order valence-corrected chi connectivity index (χ0v) is 15.0. The number of piperazine rings is 1. The van der Waals surface area contributed by atoms with Gasteiger partial charge in [-0.05, 0) is 31.6 Å². The first-order valence-corrected chi connectivity index (χ1v) is 9.66. The molecule has 2 fully saturated rings. The van der Waals surface area contributed by atoms with Crippen molar-refractivity contribution < 1.29 is 0 Å². The van der Waals surface area contributed by atoms with Crippen molar-refractivity contribution in [2.45, 2.75) is 103 Å². The van der Waals surface area contributed by atoms with Crippen LogP contribution in [-0.2, 0) is 0 Å². The normalized spacial score (nSPS) is 30.0. The maximum absolute atomic E-state index is 3.94. The second kappa shape index (κ2) is 7.97. The van der Waals surface area contributed by atoms with Crippen molar-refractivity contribution in [3.8, 4) is 0 Å². The molecule has 2 rings (SSSR count). The van der Waals surface area contributed by atoms with Crippen LogP contribution in [0.5, 0.6) is 0 Å². The van der Waals surface area contributed by atoms with E-state index in [4.69, 9.17) is 0 Å². The third-order valence-electron chi connectivity index (χ3n) is 6.55. The van der Waals surface area contributed by atoms with Crippen molar-refractivity contribution in [3.63, 3.8) is 0 Å². The van der Waals surface area contributed by atoms with Gasteiger partial charge in [0.1, 0.15) is 0 Å². The molecule has 0 aromatic heterocycles. The minimum Gasteiger partial charge on any atom is -0.308 e. The molecule has 1 N–H and O–H groups in total. The summed E-state index contributed by atoms with van der Waals surface area (Å²) in [6.07, 6.45) is 12.5. The van der Waals surface area contributed by atoms with Gasteiger partial charge in [-0.3, -0.25) is 4.90 Å². The molecule has 1 aliphatic heterocycles. The largest absolute Gasteiger partial charge is 0.308 e. The van der Waals surface area contributed by atoms with Crippen LogP contribution in [0.15, 0.2) is 0 Å². The number of hydrogen-bond acceptors (Lipinski definition) is 2. The van der Waals surface area contributed by atoms with E-state index < -0.39 is 0 Å². The lowest BCUT2D eigenvalue weighted by Crippen LogP contribution is -2.67. The molecule has 1 heterocycles. The lowest BCUT2D eigenvalue weighted by molar-refractivity contribution is 0.00767. The number of nitrogens with one attached hydrogen (secondary N) is 1. The van der Waals surface area contributed by atoms with Gasteiger partial charge >= 0.3 is 0 Å². The molecule has 2 unspecified atom stereocenters. The van der Waals surface area contributed by atoms with Gasteiger partial charge in [0.25, 0.3) is 0 Å². The SMILES string of the molecule is CCC(C)C1CNC(CC)(CC)CN1C1CCCCCC1. The summed E-state index contributed by atoms with van der Waals surface area (Å²) < 4.78 is 0. The summed E-state index contributed by atoms with van der Waals surface area (Å²) in [4.78, 5) is 2.95. The van der Waals surface area contributed by atoms with Gasteiger partial charge in [-0.15, -0.1) is 0 Å². The highest BCUT2D eigenvalue weighted by atomic mass is 15.3. The first-order valence-electron chi connectivity index (χ1n) is 9.66. The third kappa shape index (κ3) is 4.01. The monoisotopic (exact) mass is 294 g/mol. The fourth-order valence-electron chi connectivity index (χ4n) is 4.47. The van der Waals surface area contributed by atoms with Crippen LogP contribution >= 0.6 is 0 Å². The third-order valence-corrected chi connectivity index (χ3v) is 6.55. The van der Waals surface area contributed by atoms with E-state index >= 15 is 0 Å². The van der Waals surface area contributed by atoms with Gasteiger partial charge in [0.2, 0.25) is 0 Å². The lowest BCUT2D eigenvalue weighted by atomic mass is 9.83. The van der Waals surface area contributed by atoms with Crippen molar-refractivity contribution in [3.05, 3.63) is 0 Å². The highest BCUT2D eigenvalue weighted by molar-refractivity contribution is 5.00. The van der Waals surface area contributed by atoms with Crippen LogP contribution in [0.4, 0.5) is 0 Å². The van der Waals surface area contributed by atoms with Gasteiger partial charge in [0.05, 0.1) is 0 Å². The molecule has 0 radical (unpaired) electrons. The predicted octanol–water partition coefficient (Wildman–Crippen LogP) is 4.59. The molecule has 21 heavy (non-hydrogen) atoms. The molecular weight excluding hydrogens is 256 g/mol. The summed E-state index contributed by atoms with van der Waals surface area (Å²) >= 11 is 0. The van der Waals surface area contributed by atoms with Crippen LogP contribution < -0.4 is 5.32 Å². The van der Waals surface area contributed by atoms with E-state index in [1.165, 1.54) is 70.9 Å². The van der Waals surface area contributed by atoms with Crippen molar-refractivity contribution in [1.29, 1.82) is 0 Å². The standard InChI is InChI=1S/C19H38N2/c1-5-16(4)18-14-20-19(6-2,7-3)15-21(18)17-12-10-8-9-11-13-17/h16-18,20H,5-15H2,1-4H3. The summed E-state index contributed by atoms with van der Waals surface area (Å²) in [6.45, 7) is 12.0. The Morgan fingerprint density at radius 3 is 2.19 bits per heavy atom. The van der Waals surface area contributed by atoms with E-state index in [1.54, 1.807) is 0 Å². The van der Waals surface area contributed by atoms with Gasteiger partial charge in [0.15, 0.2) is 0 Å². The molecule has 2 nitrogen and oxygen atoms in total. The van der Waals surface area contributed by atoms with Gasteiger partial charge in [-0.25, -0.2) is 0 Å². The van der Waals surface area contributed by atoms with Gasteiger partial charge in [0, 0.05) is 30.7 Å². The molecule has 2 heteroatoms. The van der Waals surface area contributed by atoms with E-state index in [1.807, 2.05) is 0 Å². The first kappa shape index (κ1) is 17.3. The summed E-state index contributed by atoms with van der Waals surface area (Å²) in [7, 11) is 0. The Hall–Kier alpha value is -0.0800. The minimum atomic E-state index is 0.371. The molecule has 0 aromatic carbocycles. The molecule has 124 valence electrons. The average Bonchev–Trinajstić information content (AvgIpc) is 2.82. The van der Waals surface area contributed by atoms with Crippen LogP contribution in [-0.4, -0.2) is 35.6 Å². The van der Waals surface area contributed by atoms with Crippen LogP contribution in [0.2, 0.25) is 0 Å². The van der Waals surface area contributed by atoms with Crippen LogP contribution in [0.1, 0.15) is 85.5 Å². The fourth-order valence-corrected chi connectivity index (χ4v) is 4.47. The Morgan fingerprint density at radius 2 is 1.67 bits per heavy atom. The van der Waals surface area contributed by atoms with Crippen LogP contribution in [0.3, 0.4) is 0 Å². The molecule has 1 aliphatic carbocycles. The molecule has 0 spiro atoms. The Balaban J connectivity index is 2.15. The molecule has 1 saturated heterocycles. The van der Waals surface area contributed by atoms with E-state index in [2.05, 4.69) is 37.9 Å². The summed E-state index contributed by atoms with van der Waals surface area (Å²) in [5.41, 5.74) is 0.371. The molecule has 0 amide bonds. The van der Waals surface area contributed by atoms with E-state index in [9.17, 15) is 0 Å². The van der Waals surface area contributed by atoms with Crippen molar-refractivity contribution in [2.75, 3.05) is 13.1 Å². The van der Waals surface area contributed by atoms with Crippen LogP contribution in [0.25, 0.3) is 0 Å². The van der Waals surface area contributed by atoms with Crippen LogP contribution in [0, 0.1) is 5.92 Å². The zero-order valence-electron chi connectivity index (χ0n) is 15.0. The topological polar surface area (TPSA) is 15.3 Å².